The van der Waals surface area contributed by atoms with Crippen molar-refractivity contribution in [1.82, 2.24) is 0 Å². The molecule has 0 bridgehead atoms. The van der Waals surface area contributed by atoms with Crippen molar-refractivity contribution in [3.05, 3.63) is 101 Å². The Kier molecular flexibility index (Phi) is 7.48. The predicted molar refractivity (Wildman–Crippen MR) is 121 cm³/mol. The third kappa shape index (κ3) is 6.13. The van der Waals surface area contributed by atoms with Gasteiger partial charge in [0.2, 0.25) is 0 Å². The van der Waals surface area contributed by atoms with Gasteiger partial charge in [0.1, 0.15) is 5.75 Å². The van der Waals surface area contributed by atoms with E-state index in [1.165, 1.54) is 5.56 Å². The van der Waals surface area contributed by atoms with E-state index < -0.39 is 0 Å². The molecular weight excluding hydrogens is 368 g/mol. The maximum Gasteiger partial charge on any atom is 0.343 e. The van der Waals surface area contributed by atoms with Crippen LogP contribution >= 0.6 is 0 Å². The molecule has 0 unspecified atom stereocenters. The Labute approximate surface area is 178 Å². The molecule has 3 aromatic rings. The van der Waals surface area contributed by atoms with Crippen molar-refractivity contribution in [2.24, 2.45) is 0 Å². The first-order valence-corrected chi connectivity index (χ1v) is 10.2. The molecule has 0 radical (unpaired) electrons. The monoisotopic (exact) mass is 392 g/mol. The van der Waals surface area contributed by atoms with E-state index in [1.807, 2.05) is 48.5 Å². The smallest absolute Gasteiger partial charge is 0.343 e. The van der Waals surface area contributed by atoms with Crippen LogP contribution in [0.25, 0.3) is 0 Å². The average molecular weight is 392 g/mol. The van der Waals surface area contributed by atoms with Crippen molar-refractivity contribution in [2.45, 2.75) is 33.1 Å². The summed E-state index contributed by atoms with van der Waals surface area (Å²) < 4.78 is 5.45. The minimum Gasteiger partial charge on any atom is -0.423 e. The molecule has 0 saturated carbocycles. The summed E-state index contributed by atoms with van der Waals surface area (Å²) in [5.41, 5.74) is 4.52. The van der Waals surface area contributed by atoms with Gasteiger partial charge in [0, 0.05) is 23.1 Å². The summed E-state index contributed by atoms with van der Waals surface area (Å²) >= 11 is 0. The van der Waals surface area contributed by atoms with Crippen LogP contribution in [0.4, 0.5) is 0 Å². The fourth-order valence-corrected chi connectivity index (χ4v) is 2.72. The normalized spacial score (nSPS) is 9.67. The third-order valence-corrected chi connectivity index (χ3v) is 4.51. The summed E-state index contributed by atoms with van der Waals surface area (Å²) in [7, 11) is 0. The molecule has 0 aromatic heterocycles. The minimum atomic E-state index is -0.362. The largest absolute Gasteiger partial charge is 0.423 e. The predicted octanol–water partition coefficient (Wildman–Crippen LogP) is 6.02. The quantitative estimate of drug-likeness (QED) is 0.308. The fraction of sp³-hybridized carbons (Fsp3) is 0.179. The highest BCUT2D eigenvalue weighted by atomic mass is 16.5. The lowest BCUT2D eigenvalue weighted by molar-refractivity contribution is 0.0734. The lowest BCUT2D eigenvalue weighted by atomic mass is 10.1. The van der Waals surface area contributed by atoms with Crippen LogP contribution in [0.3, 0.4) is 0 Å². The maximum absolute atomic E-state index is 12.3. The Morgan fingerprint density at radius 3 is 1.80 bits per heavy atom. The first kappa shape index (κ1) is 21.0. The van der Waals surface area contributed by atoms with Gasteiger partial charge in [-0.15, -0.1) is 0 Å². The van der Waals surface area contributed by atoms with Crippen molar-refractivity contribution in [1.29, 1.82) is 0 Å². The fourth-order valence-electron chi connectivity index (χ4n) is 2.72. The number of esters is 1. The van der Waals surface area contributed by atoms with Crippen LogP contribution in [0, 0.1) is 23.7 Å². The van der Waals surface area contributed by atoms with E-state index >= 15 is 0 Å². The number of carbonyl (C=O) groups excluding carboxylic acids is 1. The molecule has 3 rings (SSSR count). The Balaban J connectivity index is 1.61. The van der Waals surface area contributed by atoms with E-state index in [4.69, 9.17) is 4.74 Å². The van der Waals surface area contributed by atoms with Crippen molar-refractivity contribution in [3.63, 3.8) is 0 Å². The van der Waals surface area contributed by atoms with Gasteiger partial charge in [-0.3, -0.25) is 0 Å². The zero-order valence-corrected chi connectivity index (χ0v) is 17.4. The Hall–Kier alpha value is -3.75. The van der Waals surface area contributed by atoms with Crippen molar-refractivity contribution < 1.29 is 9.53 Å². The number of aryl methyl sites for hydroxylation is 1. The second-order valence-corrected chi connectivity index (χ2v) is 6.84. The van der Waals surface area contributed by atoms with Gasteiger partial charge < -0.3 is 4.74 Å². The molecule has 0 amide bonds. The summed E-state index contributed by atoms with van der Waals surface area (Å²) in [6.45, 7) is 4.20. The number of unbranched alkanes of at least 4 members (excludes halogenated alkanes) is 1. The van der Waals surface area contributed by atoms with Crippen molar-refractivity contribution in [3.8, 4) is 29.4 Å². The summed E-state index contributed by atoms with van der Waals surface area (Å²) in [6.07, 6.45) is 2.92. The average Bonchev–Trinajstić information content (AvgIpc) is 2.79. The molecule has 30 heavy (non-hydrogen) atoms. The first-order valence-electron chi connectivity index (χ1n) is 10.2. The second kappa shape index (κ2) is 10.7. The molecule has 2 nitrogen and oxygen atoms in total. The Morgan fingerprint density at radius 2 is 1.27 bits per heavy atom. The van der Waals surface area contributed by atoms with E-state index in [1.54, 1.807) is 24.3 Å². The van der Waals surface area contributed by atoms with Gasteiger partial charge in [-0.2, -0.15) is 0 Å². The maximum atomic E-state index is 12.3. The second-order valence-electron chi connectivity index (χ2n) is 6.84. The van der Waals surface area contributed by atoms with Gasteiger partial charge in [-0.1, -0.05) is 49.7 Å². The van der Waals surface area contributed by atoms with Crippen LogP contribution in [-0.2, 0) is 6.42 Å². The van der Waals surface area contributed by atoms with Gasteiger partial charge in [-0.25, -0.2) is 4.79 Å². The standard InChI is InChI=1S/C28H24O2/c1-3-5-6-7-23-8-10-24(11-9-23)12-13-25-16-20-27(21-17-25)30-28(29)26-18-14-22(4-2)15-19-26/h8-11,14-21H,3-5H2,1-2H3. The van der Waals surface area contributed by atoms with E-state index in [-0.39, 0.29) is 5.97 Å². The SMILES string of the molecule is CCCC#Cc1ccc(C#Cc2ccc(OC(=O)c3ccc(CC)cc3)cc2)cc1. The number of rotatable bonds is 4. The summed E-state index contributed by atoms with van der Waals surface area (Å²) in [6, 6.07) is 22.6. The summed E-state index contributed by atoms with van der Waals surface area (Å²) in [5, 5.41) is 0. The van der Waals surface area contributed by atoms with Crippen LogP contribution in [0.2, 0.25) is 0 Å². The number of benzene rings is 3. The van der Waals surface area contributed by atoms with Crippen LogP contribution in [0.15, 0.2) is 72.8 Å². The molecule has 0 atom stereocenters. The van der Waals surface area contributed by atoms with Crippen LogP contribution < -0.4 is 4.74 Å². The number of ether oxygens (including phenoxy) is 1. The number of hydrogen-bond donors (Lipinski definition) is 0. The summed E-state index contributed by atoms with van der Waals surface area (Å²) in [5.74, 6) is 12.7. The highest BCUT2D eigenvalue weighted by molar-refractivity contribution is 5.91. The molecule has 2 heteroatoms. The molecule has 3 aromatic carbocycles. The Morgan fingerprint density at radius 1 is 0.733 bits per heavy atom. The van der Waals surface area contributed by atoms with Crippen molar-refractivity contribution >= 4 is 5.97 Å². The highest BCUT2D eigenvalue weighted by Crippen LogP contribution is 2.15. The first-order chi connectivity index (χ1) is 14.7. The number of hydrogen-bond acceptors (Lipinski definition) is 2. The topological polar surface area (TPSA) is 26.3 Å². The molecule has 0 aliphatic heterocycles. The molecule has 0 fully saturated rings. The zero-order chi connectivity index (χ0) is 21.2. The molecule has 0 spiro atoms. The third-order valence-electron chi connectivity index (χ3n) is 4.51. The molecule has 0 N–H and O–H groups in total. The molecule has 148 valence electrons. The lowest BCUT2D eigenvalue weighted by Crippen LogP contribution is -2.08. The molecule has 0 aliphatic rings. The van der Waals surface area contributed by atoms with Gasteiger partial charge in [0.05, 0.1) is 5.56 Å². The van der Waals surface area contributed by atoms with Gasteiger partial charge >= 0.3 is 5.97 Å². The molecular formula is C28H24O2. The van der Waals surface area contributed by atoms with Crippen LogP contribution in [0.1, 0.15) is 59.3 Å². The molecule has 0 heterocycles. The van der Waals surface area contributed by atoms with Crippen molar-refractivity contribution in [2.75, 3.05) is 0 Å². The molecule has 0 aliphatic carbocycles. The van der Waals surface area contributed by atoms with Crippen LogP contribution in [-0.4, -0.2) is 5.97 Å². The van der Waals surface area contributed by atoms with E-state index in [9.17, 15) is 4.79 Å². The van der Waals surface area contributed by atoms with E-state index in [2.05, 4.69) is 37.5 Å². The van der Waals surface area contributed by atoms with Gasteiger partial charge in [-0.05, 0) is 79.1 Å². The van der Waals surface area contributed by atoms with Crippen LogP contribution in [0.5, 0.6) is 5.75 Å². The lowest BCUT2D eigenvalue weighted by Gasteiger charge is -2.05. The Bertz CT molecular complexity index is 1100. The summed E-state index contributed by atoms with van der Waals surface area (Å²) in [4.78, 5) is 12.3. The zero-order valence-electron chi connectivity index (χ0n) is 17.4. The number of carbonyl (C=O) groups is 1. The van der Waals surface area contributed by atoms with E-state index in [0.717, 1.165) is 36.0 Å². The van der Waals surface area contributed by atoms with Gasteiger partial charge in [0.25, 0.3) is 0 Å². The molecule has 0 saturated heterocycles. The highest BCUT2D eigenvalue weighted by Gasteiger charge is 2.08. The van der Waals surface area contributed by atoms with E-state index in [0.29, 0.717) is 11.3 Å². The van der Waals surface area contributed by atoms with Gasteiger partial charge in [0.15, 0.2) is 0 Å². The minimum absolute atomic E-state index is 0.362.